The first-order valence-corrected chi connectivity index (χ1v) is 13.1. The maximum Gasteiger partial charge on any atom is 0.338 e. The highest BCUT2D eigenvalue weighted by Crippen LogP contribution is 2.21. The molecule has 4 rings (SSSR count). The van der Waals surface area contributed by atoms with E-state index in [4.69, 9.17) is 9.47 Å². The van der Waals surface area contributed by atoms with Gasteiger partial charge in [-0.2, -0.15) is 0 Å². The molecule has 0 aromatic heterocycles. The van der Waals surface area contributed by atoms with Gasteiger partial charge in [0.25, 0.3) is 0 Å². The van der Waals surface area contributed by atoms with Gasteiger partial charge < -0.3 is 29.9 Å². The molecule has 2 N–H and O–H groups in total. The summed E-state index contributed by atoms with van der Waals surface area (Å²) in [5.74, 6) is -0.535. The van der Waals surface area contributed by atoms with Crippen LogP contribution in [0.3, 0.4) is 0 Å². The van der Waals surface area contributed by atoms with Gasteiger partial charge in [-0.15, -0.1) is 0 Å². The second-order valence-electron chi connectivity index (χ2n) is 9.41. The number of nitrogens with zero attached hydrogens (tertiary/aromatic N) is 3. The Bertz CT molecular complexity index is 1160. The molecule has 2 aromatic rings. The van der Waals surface area contributed by atoms with Crippen molar-refractivity contribution < 1.29 is 28.7 Å². The van der Waals surface area contributed by atoms with Crippen LogP contribution in [-0.2, 0) is 19.1 Å². The first kappa shape index (κ1) is 27.9. The minimum Gasteiger partial charge on any atom is -0.497 e. The second kappa shape index (κ2) is 13.1. The number of anilines is 2. The van der Waals surface area contributed by atoms with E-state index in [1.54, 1.807) is 38.3 Å². The van der Waals surface area contributed by atoms with Gasteiger partial charge in [0.1, 0.15) is 11.8 Å². The Balaban J connectivity index is 1.30. The van der Waals surface area contributed by atoms with Gasteiger partial charge in [0.05, 0.1) is 32.2 Å². The number of amides is 3. The van der Waals surface area contributed by atoms with Crippen LogP contribution in [0.15, 0.2) is 48.5 Å². The van der Waals surface area contributed by atoms with Gasteiger partial charge in [-0.1, -0.05) is 0 Å². The van der Waals surface area contributed by atoms with E-state index < -0.39 is 17.9 Å². The van der Waals surface area contributed by atoms with Gasteiger partial charge in [-0.3, -0.25) is 19.3 Å². The maximum absolute atomic E-state index is 13.2. The smallest absolute Gasteiger partial charge is 0.338 e. The summed E-state index contributed by atoms with van der Waals surface area (Å²) in [6, 6.07) is 13.3. The molecule has 0 saturated carbocycles. The lowest BCUT2D eigenvalue weighted by atomic mass is 10.1. The molecule has 2 aromatic carbocycles. The van der Waals surface area contributed by atoms with Gasteiger partial charge in [-0.25, -0.2) is 4.79 Å². The Kier molecular flexibility index (Phi) is 9.37. The molecule has 3 amide bonds. The van der Waals surface area contributed by atoms with Gasteiger partial charge in [0.15, 0.2) is 0 Å². The molecule has 2 saturated heterocycles. The highest BCUT2D eigenvalue weighted by molar-refractivity contribution is 5.98. The number of hydrogen-bond donors (Lipinski definition) is 2. The van der Waals surface area contributed by atoms with Crippen molar-refractivity contribution in [2.75, 3.05) is 69.7 Å². The van der Waals surface area contributed by atoms with Crippen molar-refractivity contribution in [1.82, 2.24) is 15.1 Å². The number of ether oxygens (including phenoxy) is 2. The molecule has 2 fully saturated rings. The van der Waals surface area contributed by atoms with Gasteiger partial charge in [-0.05, 0) is 55.5 Å². The van der Waals surface area contributed by atoms with E-state index in [0.29, 0.717) is 37.4 Å². The number of esters is 1. The van der Waals surface area contributed by atoms with Crippen LogP contribution in [0.25, 0.3) is 0 Å². The average molecular weight is 538 g/mol. The van der Waals surface area contributed by atoms with E-state index in [1.165, 1.54) is 4.90 Å². The Morgan fingerprint density at radius 2 is 1.67 bits per heavy atom. The summed E-state index contributed by atoms with van der Waals surface area (Å²) in [5, 5.41) is 5.50. The van der Waals surface area contributed by atoms with E-state index in [9.17, 15) is 19.2 Å². The molecule has 0 bridgehead atoms. The van der Waals surface area contributed by atoms with E-state index in [-0.39, 0.29) is 31.4 Å². The number of rotatable bonds is 9. The van der Waals surface area contributed by atoms with Crippen molar-refractivity contribution in [3.63, 3.8) is 0 Å². The average Bonchev–Trinajstić information content (AvgIpc) is 2.95. The molecular weight excluding hydrogens is 502 g/mol. The lowest BCUT2D eigenvalue weighted by Gasteiger charge is -2.39. The normalized spacial score (nSPS) is 17.8. The van der Waals surface area contributed by atoms with E-state index >= 15 is 0 Å². The topological polar surface area (TPSA) is 121 Å². The standard InChI is InChI=1S/C28H35N5O6/c1-3-39-28(37)20-4-6-21(7-5-20)30-25(34)18-24-27(36)29-12-13-33(24)26(35)19-31-14-16-32(17-15-31)22-8-10-23(38-2)11-9-22/h4-11,24H,3,12-19H2,1-2H3,(H,29,36)(H,30,34)/t24-/m0/s1. The van der Waals surface area contributed by atoms with Crippen LogP contribution in [0, 0.1) is 0 Å². The Labute approximate surface area is 228 Å². The van der Waals surface area contributed by atoms with Crippen LogP contribution in [0.4, 0.5) is 11.4 Å². The molecule has 2 aliphatic heterocycles. The Morgan fingerprint density at radius 1 is 0.974 bits per heavy atom. The fourth-order valence-electron chi connectivity index (χ4n) is 4.75. The van der Waals surface area contributed by atoms with Crippen LogP contribution >= 0.6 is 0 Å². The third-order valence-corrected chi connectivity index (χ3v) is 6.88. The molecule has 11 heteroatoms. The molecule has 39 heavy (non-hydrogen) atoms. The molecule has 0 unspecified atom stereocenters. The summed E-state index contributed by atoms with van der Waals surface area (Å²) >= 11 is 0. The van der Waals surface area contributed by atoms with Crippen LogP contribution in [0.1, 0.15) is 23.7 Å². The molecular formula is C28H35N5O6. The summed E-state index contributed by atoms with van der Waals surface area (Å²) in [5.41, 5.74) is 1.97. The van der Waals surface area contributed by atoms with E-state index in [2.05, 4.69) is 20.4 Å². The lowest BCUT2D eigenvalue weighted by molar-refractivity contribution is -0.145. The molecule has 2 aliphatic rings. The minimum atomic E-state index is -0.884. The van der Waals surface area contributed by atoms with Crippen molar-refractivity contribution in [1.29, 1.82) is 0 Å². The molecule has 0 aliphatic carbocycles. The van der Waals surface area contributed by atoms with E-state index in [0.717, 1.165) is 24.5 Å². The number of nitrogens with one attached hydrogen (secondary N) is 2. The minimum absolute atomic E-state index is 0.164. The molecule has 2 heterocycles. The molecule has 11 nitrogen and oxygen atoms in total. The van der Waals surface area contributed by atoms with Crippen molar-refractivity contribution in [2.45, 2.75) is 19.4 Å². The second-order valence-corrected chi connectivity index (χ2v) is 9.41. The predicted octanol–water partition coefficient (Wildman–Crippen LogP) is 1.35. The zero-order valence-electron chi connectivity index (χ0n) is 22.4. The zero-order valence-corrected chi connectivity index (χ0v) is 22.4. The molecule has 0 spiro atoms. The van der Waals surface area contributed by atoms with Crippen LogP contribution < -0.4 is 20.3 Å². The van der Waals surface area contributed by atoms with Crippen LogP contribution in [0.5, 0.6) is 5.75 Å². The fourth-order valence-corrected chi connectivity index (χ4v) is 4.75. The van der Waals surface area contributed by atoms with Gasteiger partial charge >= 0.3 is 5.97 Å². The summed E-state index contributed by atoms with van der Waals surface area (Å²) in [6.07, 6.45) is -0.164. The van der Waals surface area contributed by atoms with Gasteiger partial charge in [0.2, 0.25) is 17.7 Å². The van der Waals surface area contributed by atoms with Crippen molar-refractivity contribution >= 4 is 35.1 Å². The SMILES string of the molecule is CCOC(=O)c1ccc(NC(=O)C[C@H]2C(=O)NCCN2C(=O)CN2CCN(c3ccc(OC)cc3)CC2)cc1. The third kappa shape index (κ3) is 7.26. The van der Waals surface area contributed by atoms with E-state index in [1.807, 2.05) is 24.3 Å². The summed E-state index contributed by atoms with van der Waals surface area (Å²) in [4.78, 5) is 56.3. The predicted molar refractivity (Wildman–Crippen MR) is 146 cm³/mol. The van der Waals surface area contributed by atoms with Crippen molar-refractivity contribution in [2.24, 2.45) is 0 Å². The number of benzene rings is 2. The molecule has 1 atom stereocenters. The zero-order chi connectivity index (χ0) is 27.8. The Hall–Kier alpha value is -4.12. The summed E-state index contributed by atoms with van der Waals surface area (Å²) < 4.78 is 10.2. The number of hydrogen-bond acceptors (Lipinski definition) is 8. The number of carbonyl (C=O) groups is 4. The lowest BCUT2D eigenvalue weighted by Crippen LogP contribution is -2.60. The number of piperazine rings is 2. The van der Waals surface area contributed by atoms with Crippen molar-refractivity contribution in [3.8, 4) is 5.75 Å². The Morgan fingerprint density at radius 3 is 2.31 bits per heavy atom. The summed E-state index contributed by atoms with van der Waals surface area (Å²) in [6.45, 7) is 5.88. The first-order chi connectivity index (χ1) is 18.9. The molecule has 0 radical (unpaired) electrons. The maximum atomic E-state index is 13.2. The highest BCUT2D eigenvalue weighted by atomic mass is 16.5. The number of carbonyl (C=O) groups excluding carboxylic acids is 4. The highest BCUT2D eigenvalue weighted by Gasteiger charge is 2.35. The van der Waals surface area contributed by atoms with Crippen LogP contribution in [-0.4, -0.2) is 99.1 Å². The number of methoxy groups -OCH3 is 1. The van der Waals surface area contributed by atoms with Gasteiger partial charge in [0, 0.05) is 50.6 Å². The monoisotopic (exact) mass is 537 g/mol. The largest absolute Gasteiger partial charge is 0.497 e. The third-order valence-electron chi connectivity index (χ3n) is 6.88. The summed E-state index contributed by atoms with van der Waals surface area (Å²) in [7, 11) is 1.64. The van der Waals surface area contributed by atoms with Crippen molar-refractivity contribution in [3.05, 3.63) is 54.1 Å². The quantitative estimate of drug-likeness (QED) is 0.460. The fraction of sp³-hybridized carbons (Fsp3) is 0.429. The molecule has 208 valence electrons. The first-order valence-electron chi connectivity index (χ1n) is 13.1. The van der Waals surface area contributed by atoms with Crippen LogP contribution in [0.2, 0.25) is 0 Å².